The van der Waals surface area contributed by atoms with Gasteiger partial charge in [0.25, 0.3) is 5.91 Å². The maximum Gasteiger partial charge on any atom is 0.259 e. The number of phenols is 1. The zero-order valence-electron chi connectivity index (χ0n) is 17.2. The number of amides is 1. The van der Waals surface area contributed by atoms with E-state index in [-0.39, 0.29) is 28.8 Å². The topological polar surface area (TPSA) is 86.6 Å². The van der Waals surface area contributed by atoms with E-state index in [4.69, 9.17) is 0 Å². The lowest BCUT2D eigenvalue weighted by molar-refractivity contribution is -0.117. The Bertz CT molecular complexity index is 776. The molecule has 0 aliphatic carbocycles. The van der Waals surface area contributed by atoms with E-state index < -0.39 is 11.9 Å². The number of allylic oxidation sites excluding steroid dienone is 3. The lowest BCUT2D eigenvalue weighted by atomic mass is 9.88. The molecule has 0 radical (unpaired) electrons. The molecule has 1 heterocycles. The number of nitrogens with one attached hydrogen (secondary N) is 1. The molecule has 1 aliphatic heterocycles. The van der Waals surface area contributed by atoms with E-state index in [1.54, 1.807) is 24.3 Å². The number of hydrogen-bond donors (Lipinski definition) is 3. The highest BCUT2D eigenvalue weighted by Gasteiger charge is 2.39. The van der Waals surface area contributed by atoms with Crippen LogP contribution in [-0.4, -0.2) is 27.9 Å². The Morgan fingerprint density at radius 3 is 2.46 bits per heavy atom. The lowest BCUT2D eigenvalue weighted by Gasteiger charge is -2.18. The van der Waals surface area contributed by atoms with E-state index in [1.165, 1.54) is 5.57 Å². The third-order valence-electron chi connectivity index (χ3n) is 5.17. The fraction of sp³-hybridized carbons (Fsp3) is 0.478. The van der Waals surface area contributed by atoms with Crippen LogP contribution in [0.25, 0.3) is 0 Å². The molecule has 1 aromatic rings. The van der Waals surface area contributed by atoms with Gasteiger partial charge in [0.1, 0.15) is 17.1 Å². The quantitative estimate of drug-likeness (QED) is 0.271. The van der Waals surface area contributed by atoms with Crippen LogP contribution < -0.4 is 5.32 Å². The van der Waals surface area contributed by atoms with Crippen molar-refractivity contribution >= 4 is 11.7 Å². The summed E-state index contributed by atoms with van der Waals surface area (Å²) in [6.45, 7) is 8.17. The second-order valence-corrected chi connectivity index (χ2v) is 7.93. The van der Waals surface area contributed by atoms with Gasteiger partial charge in [0.05, 0.1) is 6.04 Å². The highest BCUT2D eigenvalue weighted by atomic mass is 16.3. The van der Waals surface area contributed by atoms with Crippen LogP contribution in [0.3, 0.4) is 0 Å². The Labute approximate surface area is 167 Å². The molecule has 28 heavy (non-hydrogen) atoms. The van der Waals surface area contributed by atoms with E-state index in [2.05, 4.69) is 32.2 Å². The van der Waals surface area contributed by atoms with Crippen LogP contribution in [0.5, 0.6) is 5.75 Å². The van der Waals surface area contributed by atoms with Gasteiger partial charge in [0.15, 0.2) is 5.78 Å². The van der Waals surface area contributed by atoms with E-state index >= 15 is 0 Å². The normalized spacial score (nSPS) is 21.4. The average Bonchev–Trinajstić information content (AvgIpc) is 2.89. The monoisotopic (exact) mass is 385 g/mol. The smallest absolute Gasteiger partial charge is 0.259 e. The maximum atomic E-state index is 12.7. The molecule has 1 saturated heterocycles. The molecule has 152 valence electrons. The van der Waals surface area contributed by atoms with Crippen molar-refractivity contribution in [3.63, 3.8) is 0 Å². The van der Waals surface area contributed by atoms with Crippen molar-refractivity contribution in [1.29, 1.82) is 0 Å². The Morgan fingerprint density at radius 1 is 1.21 bits per heavy atom. The van der Waals surface area contributed by atoms with E-state index in [0.717, 1.165) is 18.4 Å². The fourth-order valence-corrected chi connectivity index (χ4v) is 3.86. The molecule has 1 aliphatic rings. The highest BCUT2D eigenvalue weighted by Crippen LogP contribution is 2.27. The van der Waals surface area contributed by atoms with Crippen molar-refractivity contribution in [2.45, 2.75) is 59.4 Å². The predicted molar refractivity (Wildman–Crippen MR) is 110 cm³/mol. The van der Waals surface area contributed by atoms with Crippen molar-refractivity contribution in [3.05, 3.63) is 52.8 Å². The molecule has 3 N–H and O–H groups in total. The number of aromatic hydroxyl groups is 1. The Hall–Kier alpha value is -2.56. The molecule has 5 heteroatoms. The van der Waals surface area contributed by atoms with E-state index in [9.17, 15) is 19.8 Å². The van der Waals surface area contributed by atoms with Gasteiger partial charge in [-0.2, -0.15) is 0 Å². The van der Waals surface area contributed by atoms with Crippen LogP contribution in [0.1, 0.15) is 52.5 Å². The number of aliphatic hydroxyl groups excluding tert-OH is 1. The number of phenolic OH excluding ortho intramolecular Hbond substituents is 1. The zero-order valence-corrected chi connectivity index (χ0v) is 17.2. The number of benzene rings is 1. The minimum absolute atomic E-state index is 0.107. The second kappa shape index (κ2) is 9.58. The van der Waals surface area contributed by atoms with Gasteiger partial charge in [0.2, 0.25) is 0 Å². The van der Waals surface area contributed by atoms with Gasteiger partial charge in [-0.05, 0) is 49.8 Å². The van der Waals surface area contributed by atoms with Crippen LogP contribution in [0.15, 0.2) is 47.2 Å². The number of rotatable bonds is 8. The molecular formula is C23H31NO4. The summed E-state index contributed by atoms with van der Waals surface area (Å²) in [7, 11) is 0. The van der Waals surface area contributed by atoms with Gasteiger partial charge in [-0.15, -0.1) is 0 Å². The van der Waals surface area contributed by atoms with Gasteiger partial charge >= 0.3 is 0 Å². The number of carbonyl (C=O) groups is 2. The molecule has 1 amide bonds. The molecule has 2 rings (SSSR count). The number of aliphatic hydroxyl groups is 1. The van der Waals surface area contributed by atoms with Gasteiger partial charge in [0, 0.05) is 12.3 Å². The summed E-state index contributed by atoms with van der Waals surface area (Å²) in [5.41, 5.74) is 2.04. The number of Topliss-reactive ketones (excluding diaryl/α,β-unsaturated/α-hetero) is 1. The minimum Gasteiger partial charge on any atom is -0.511 e. The summed E-state index contributed by atoms with van der Waals surface area (Å²) in [6, 6.07) is 5.83. The van der Waals surface area contributed by atoms with Crippen LogP contribution in [0, 0.1) is 11.8 Å². The van der Waals surface area contributed by atoms with Gasteiger partial charge in [-0.3, -0.25) is 9.59 Å². The molecular weight excluding hydrogens is 354 g/mol. The Balaban J connectivity index is 2.07. The Morgan fingerprint density at radius 2 is 1.86 bits per heavy atom. The SMILES string of the molecule is CC/C=C(\C)C[C@H](C)C[C@H](C)/C(O)=C1/C(=O)N[C@H](Cc2ccc(O)cc2)C1=O. The number of hydrogen-bond acceptors (Lipinski definition) is 4. The van der Waals surface area contributed by atoms with Crippen molar-refractivity contribution in [3.8, 4) is 5.75 Å². The van der Waals surface area contributed by atoms with Gasteiger partial charge in [-0.1, -0.05) is 44.6 Å². The first-order valence-electron chi connectivity index (χ1n) is 9.94. The van der Waals surface area contributed by atoms with Crippen molar-refractivity contribution in [2.75, 3.05) is 0 Å². The number of carbonyl (C=O) groups excluding carboxylic acids is 2. The maximum absolute atomic E-state index is 12.7. The summed E-state index contributed by atoms with van der Waals surface area (Å²) in [5.74, 6) is -0.755. The van der Waals surface area contributed by atoms with Gasteiger partial charge in [-0.25, -0.2) is 0 Å². The molecule has 0 unspecified atom stereocenters. The molecule has 5 nitrogen and oxygen atoms in total. The standard InChI is InChI=1S/C23H31NO4/c1-5-6-14(2)11-15(3)12-16(4)21(26)20-22(27)19(24-23(20)28)13-17-7-9-18(25)10-8-17/h6-10,15-16,19,25-26H,5,11-13H2,1-4H3,(H,24,28)/b14-6+,21-20-/t15-,16-,19+/m0/s1. The lowest BCUT2D eigenvalue weighted by Crippen LogP contribution is -2.31. The minimum atomic E-state index is -0.687. The average molecular weight is 386 g/mol. The van der Waals surface area contributed by atoms with E-state index in [0.29, 0.717) is 18.8 Å². The molecule has 3 atom stereocenters. The van der Waals surface area contributed by atoms with Crippen LogP contribution in [0.2, 0.25) is 0 Å². The summed E-state index contributed by atoms with van der Waals surface area (Å²) in [5, 5.41) is 22.7. The third-order valence-corrected chi connectivity index (χ3v) is 5.17. The van der Waals surface area contributed by atoms with Crippen LogP contribution >= 0.6 is 0 Å². The summed E-state index contributed by atoms with van der Waals surface area (Å²) >= 11 is 0. The second-order valence-electron chi connectivity index (χ2n) is 7.93. The molecule has 0 aromatic heterocycles. The number of ketones is 1. The van der Waals surface area contributed by atoms with Gasteiger partial charge < -0.3 is 15.5 Å². The van der Waals surface area contributed by atoms with Crippen molar-refractivity contribution < 1.29 is 19.8 Å². The fourth-order valence-electron chi connectivity index (χ4n) is 3.86. The van der Waals surface area contributed by atoms with E-state index in [1.807, 2.05) is 6.92 Å². The predicted octanol–water partition coefficient (Wildman–Crippen LogP) is 4.22. The first-order chi connectivity index (χ1) is 13.2. The van der Waals surface area contributed by atoms with Crippen LogP contribution in [0.4, 0.5) is 0 Å². The van der Waals surface area contributed by atoms with Crippen LogP contribution in [-0.2, 0) is 16.0 Å². The molecule has 0 saturated carbocycles. The summed E-state index contributed by atoms with van der Waals surface area (Å²) in [4.78, 5) is 25.1. The highest BCUT2D eigenvalue weighted by molar-refractivity contribution is 6.26. The largest absolute Gasteiger partial charge is 0.511 e. The van der Waals surface area contributed by atoms with Crippen molar-refractivity contribution in [2.24, 2.45) is 11.8 Å². The summed E-state index contributed by atoms with van der Waals surface area (Å²) < 4.78 is 0. The molecule has 1 fully saturated rings. The molecule has 0 spiro atoms. The molecule has 1 aromatic carbocycles. The zero-order chi connectivity index (χ0) is 20.8. The summed E-state index contributed by atoms with van der Waals surface area (Å²) in [6.07, 6.45) is 5.16. The Kier molecular flexibility index (Phi) is 7.44. The first kappa shape index (κ1) is 21.7. The third kappa shape index (κ3) is 5.47. The molecule has 0 bridgehead atoms. The first-order valence-corrected chi connectivity index (χ1v) is 9.94. The van der Waals surface area contributed by atoms with Crippen molar-refractivity contribution in [1.82, 2.24) is 5.32 Å².